The van der Waals surface area contributed by atoms with Crippen molar-refractivity contribution >= 4 is 20.6 Å². The molecule has 1 fully saturated rings. The molecule has 0 amide bonds. The quantitative estimate of drug-likeness (QED) is 0.716. The van der Waals surface area contributed by atoms with E-state index in [4.69, 9.17) is 0 Å². The minimum absolute atomic E-state index is 0.729. The number of nitrogens with zero attached hydrogens (tertiary/aromatic N) is 3. The average molecular weight is 291 g/mol. The van der Waals surface area contributed by atoms with Crippen LogP contribution in [-0.4, -0.2) is 62.8 Å². The average Bonchev–Trinajstić information content (AvgIpc) is 1.79. The molecule has 1 rings (SSSR count). The first-order valence-electron chi connectivity index (χ1n) is 5.02. The maximum absolute atomic E-state index is 2.70. The van der Waals surface area contributed by atoms with Crippen molar-refractivity contribution in [3.63, 3.8) is 0 Å². The van der Waals surface area contributed by atoms with Crippen LogP contribution in [0, 0.1) is 0 Å². The van der Waals surface area contributed by atoms with Crippen molar-refractivity contribution in [2.24, 2.45) is 0 Å². The zero-order valence-electron chi connectivity index (χ0n) is 9.70. The van der Waals surface area contributed by atoms with Crippen molar-refractivity contribution in [1.29, 1.82) is 0 Å². The molecule has 0 aliphatic carbocycles. The Bertz CT molecular complexity index is 156. The summed E-state index contributed by atoms with van der Waals surface area (Å²) in [5.41, 5.74) is 0. The molecule has 77 valence electrons. The molecule has 0 unspecified atom stereocenters. The van der Waals surface area contributed by atoms with Gasteiger partial charge in [-0.1, -0.05) is 0 Å². The monoisotopic (exact) mass is 292 g/mol. The fraction of sp³-hybridized carbons (Fsp3) is 1.00. The molecule has 1 radical (unpaired) electrons. The van der Waals surface area contributed by atoms with Crippen LogP contribution in [0.25, 0.3) is 0 Å². The van der Waals surface area contributed by atoms with Crippen LogP contribution in [0.4, 0.5) is 0 Å². The molecule has 0 spiro atoms. The van der Waals surface area contributed by atoms with Crippen LogP contribution >= 0.6 is 0 Å². The Labute approximate surface area is 90.5 Å². The Morgan fingerprint density at radius 3 is 1.62 bits per heavy atom. The zero-order valence-corrected chi connectivity index (χ0v) is 12.6. The van der Waals surface area contributed by atoms with E-state index in [9.17, 15) is 0 Å². The fourth-order valence-electron chi connectivity index (χ4n) is 1.68. The van der Waals surface area contributed by atoms with E-state index in [0.717, 1.165) is 12.1 Å². The predicted molar refractivity (Wildman–Crippen MR) is 58.3 cm³/mol. The molecule has 0 saturated carbocycles. The summed E-state index contributed by atoms with van der Waals surface area (Å²) < 4.78 is 7.87. The molecule has 0 N–H and O–H groups in total. The molecule has 3 nitrogen and oxygen atoms in total. The van der Waals surface area contributed by atoms with Crippen LogP contribution in [0.1, 0.15) is 27.7 Å². The van der Waals surface area contributed by atoms with Gasteiger partial charge in [-0.25, -0.2) is 0 Å². The number of rotatable bonds is 3. The van der Waals surface area contributed by atoms with Gasteiger partial charge in [0.05, 0.1) is 0 Å². The van der Waals surface area contributed by atoms with Crippen molar-refractivity contribution in [3.8, 4) is 0 Å². The second kappa shape index (κ2) is 4.47. The van der Waals surface area contributed by atoms with Crippen molar-refractivity contribution in [2.75, 3.05) is 20.8 Å². The SMILES string of the molecule is CC(C)[N]1C[N](C(C)C)[Sn]1[N](C)C. The van der Waals surface area contributed by atoms with Gasteiger partial charge >= 0.3 is 90.5 Å². The Kier molecular flexibility index (Phi) is 4.04. The molecule has 0 bridgehead atoms. The second-order valence-electron chi connectivity index (χ2n) is 4.46. The number of hydrogen-bond donors (Lipinski definition) is 0. The first kappa shape index (κ1) is 11.8. The zero-order chi connectivity index (χ0) is 10.2. The third kappa shape index (κ3) is 2.37. The van der Waals surface area contributed by atoms with Gasteiger partial charge in [-0.15, -0.1) is 0 Å². The fourth-order valence-corrected chi connectivity index (χ4v) is 9.14. The Morgan fingerprint density at radius 2 is 1.38 bits per heavy atom. The molecule has 0 aromatic heterocycles. The van der Waals surface area contributed by atoms with Gasteiger partial charge in [0.25, 0.3) is 0 Å². The Balaban J connectivity index is 2.58. The Hall–Kier alpha value is 0.679. The molecular formula is C9H22N3Sn. The standard InChI is InChI=1S/C7H16N2.C2H6N.Sn/c1-6(2)8-5-9-7(3)4;1-3-2;/h6-7H,5H2,1-4H3;1-2H3;/q-2;-1;+3. The molecule has 1 saturated heterocycles. The predicted octanol–water partition coefficient (Wildman–Crippen LogP) is 0.925. The van der Waals surface area contributed by atoms with Crippen molar-refractivity contribution in [2.45, 2.75) is 39.8 Å². The molecule has 13 heavy (non-hydrogen) atoms. The van der Waals surface area contributed by atoms with Gasteiger partial charge in [0, 0.05) is 0 Å². The summed E-state index contributed by atoms with van der Waals surface area (Å²) in [6, 6.07) is 1.46. The van der Waals surface area contributed by atoms with Gasteiger partial charge in [-0.05, 0) is 0 Å². The summed E-state index contributed by atoms with van der Waals surface area (Å²) in [4.78, 5) is 0. The number of hydrogen-bond acceptors (Lipinski definition) is 3. The van der Waals surface area contributed by atoms with Crippen molar-refractivity contribution < 1.29 is 0 Å². The first-order chi connectivity index (χ1) is 5.95. The summed E-state index contributed by atoms with van der Waals surface area (Å²) >= 11 is -1.51. The van der Waals surface area contributed by atoms with Gasteiger partial charge in [0.1, 0.15) is 0 Å². The van der Waals surface area contributed by atoms with E-state index >= 15 is 0 Å². The first-order valence-corrected chi connectivity index (χ1v) is 8.85. The van der Waals surface area contributed by atoms with Gasteiger partial charge < -0.3 is 0 Å². The van der Waals surface area contributed by atoms with Crippen LogP contribution in [0.2, 0.25) is 0 Å². The summed E-state index contributed by atoms with van der Waals surface area (Å²) in [6.07, 6.45) is 0. The summed E-state index contributed by atoms with van der Waals surface area (Å²) in [5, 5.41) is 0. The van der Waals surface area contributed by atoms with E-state index in [2.05, 4.69) is 51.2 Å². The van der Waals surface area contributed by atoms with Crippen LogP contribution in [0.15, 0.2) is 0 Å². The molecule has 0 aromatic rings. The van der Waals surface area contributed by atoms with Crippen LogP contribution in [-0.2, 0) is 0 Å². The van der Waals surface area contributed by atoms with Crippen LogP contribution in [0.5, 0.6) is 0 Å². The summed E-state index contributed by atoms with van der Waals surface area (Å²) in [5.74, 6) is 0. The molecule has 4 heteroatoms. The topological polar surface area (TPSA) is 9.72 Å². The van der Waals surface area contributed by atoms with Gasteiger partial charge in [0.15, 0.2) is 0 Å². The van der Waals surface area contributed by atoms with Gasteiger partial charge in [-0.2, -0.15) is 0 Å². The maximum atomic E-state index is 2.70. The molecule has 0 atom stereocenters. The van der Waals surface area contributed by atoms with E-state index in [1.165, 1.54) is 6.67 Å². The van der Waals surface area contributed by atoms with E-state index in [-0.39, 0.29) is 0 Å². The van der Waals surface area contributed by atoms with Crippen molar-refractivity contribution in [1.82, 2.24) is 9.36 Å². The molecule has 1 aliphatic heterocycles. The van der Waals surface area contributed by atoms with E-state index in [1.54, 1.807) is 0 Å². The summed E-state index contributed by atoms with van der Waals surface area (Å²) in [7, 11) is 4.47. The van der Waals surface area contributed by atoms with Gasteiger partial charge in [0.2, 0.25) is 0 Å². The van der Waals surface area contributed by atoms with E-state index in [0.29, 0.717) is 0 Å². The Morgan fingerprint density at radius 1 is 1.00 bits per heavy atom. The third-order valence-electron chi connectivity index (χ3n) is 2.47. The minimum atomic E-state index is -1.51. The van der Waals surface area contributed by atoms with Gasteiger partial charge in [-0.3, -0.25) is 0 Å². The van der Waals surface area contributed by atoms with E-state index in [1.807, 2.05) is 0 Å². The summed E-state index contributed by atoms with van der Waals surface area (Å²) in [6.45, 7) is 10.4. The van der Waals surface area contributed by atoms with E-state index < -0.39 is 20.6 Å². The molecular weight excluding hydrogens is 269 g/mol. The van der Waals surface area contributed by atoms with Crippen molar-refractivity contribution in [3.05, 3.63) is 0 Å². The molecule has 1 heterocycles. The molecule has 1 aliphatic rings. The van der Waals surface area contributed by atoms with Crippen LogP contribution in [0.3, 0.4) is 0 Å². The van der Waals surface area contributed by atoms with Crippen LogP contribution < -0.4 is 0 Å². The molecule has 0 aromatic carbocycles. The normalized spacial score (nSPS) is 21.9. The second-order valence-corrected chi connectivity index (χ2v) is 12.0. The third-order valence-corrected chi connectivity index (χ3v) is 11.4.